The van der Waals surface area contributed by atoms with Crippen LogP contribution < -0.4 is 5.32 Å². The van der Waals surface area contributed by atoms with Gasteiger partial charge in [-0.1, -0.05) is 5.16 Å². The van der Waals surface area contributed by atoms with Crippen molar-refractivity contribution in [3.8, 4) is 12.3 Å². The highest BCUT2D eigenvalue weighted by Gasteiger charge is 1.97. The van der Waals surface area contributed by atoms with E-state index in [0.29, 0.717) is 5.82 Å². The van der Waals surface area contributed by atoms with Crippen LogP contribution in [0.4, 0.5) is 5.82 Å². The minimum absolute atomic E-state index is 0.322. The molecule has 4 nitrogen and oxygen atoms in total. The second kappa shape index (κ2) is 2.69. The molecular formula is C6H4N2O2. The summed E-state index contributed by atoms with van der Waals surface area (Å²) in [6.45, 7) is 0. The molecule has 0 atom stereocenters. The van der Waals surface area contributed by atoms with Crippen molar-refractivity contribution in [2.45, 2.75) is 0 Å². The zero-order valence-electron chi connectivity index (χ0n) is 5.00. The van der Waals surface area contributed by atoms with Gasteiger partial charge in [0, 0.05) is 6.07 Å². The van der Waals surface area contributed by atoms with E-state index in [1.54, 1.807) is 0 Å². The molecule has 1 heterocycles. The van der Waals surface area contributed by atoms with Gasteiger partial charge < -0.3 is 4.52 Å². The summed E-state index contributed by atoms with van der Waals surface area (Å²) in [7, 11) is 0. The van der Waals surface area contributed by atoms with E-state index >= 15 is 0 Å². The molecule has 0 spiro atoms. The Balaban J connectivity index is 2.59. The summed E-state index contributed by atoms with van der Waals surface area (Å²) in [6, 6.07) is 1.50. The minimum atomic E-state index is -0.533. The number of hydrogen-bond donors (Lipinski definition) is 1. The summed E-state index contributed by atoms with van der Waals surface area (Å²) in [6.07, 6.45) is 6.11. The number of nitrogens with zero attached hydrogens (tertiary/aromatic N) is 1. The fraction of sp³-hybridized carbons (Fsp3) is 0. The largest absolute Gasteiger partial charge is 0.363 e. The van der Waals surface area contributed by atoms with Gasteiger partial charge in [0.05, 0.1) is 0 Å². The Hall–Kier alpha value is -1.76. The number of aromatic nitrogens is 1. The van der Waals surface area contributed by atoms with Crippen LogP contribution in [0.1, 0.15) is 0 Å². The van der Waals surface area contributed by atoms with Crippen LogP contribution in [-0.2, 0) is 4.79 Å². The Labute approximate surface area is 57.2 Å². The van der Waals surface area contributed by atoms with Gasteiger partial charge in [-0.05, 0) is 5.92 Å². The zero-order valence-corrected chi connectivity index (χ0v) is 5.00. The fourth-order valence-corrected chi connectivity index (χ4v) is 0.429. The first kappa shape index (κ1) is 6.36. The number of carbonyl (C=O) groups is 1. The average molecular weight is 136 g/mol. The van der Waals surface area contributed by atoms with Gasteiger partial charge in [0.15, 0.2) is 5.82 Å². The van der Waals surface area contributed by atoms with E-state index in [4.69, 9.17) is 6.42 Å². The standard InChI is InChI=1S/C6H4N2O2/c1-2-6(9)7-5-3-4-10-8-5/h1,3-4H,(H,7,8,9). The number of nitrogens with one attached hydrogen (secondary N) is 1. The monoisotopic (exact) mass is 136 g/mol. The van der Waals surface area contributed by atoms with Crippen LogP contribution in [0.25, 0.3) is 0 Å². The fourth-order valence-electron chi connectivity index (χ4n) is 0.429. The number of hydrogen-bond acceptors (Lipinski definition) is 3. The van der Waals surface area contributed by atoms with Gasteiger partial charge >= 0.3 is 5.91 Å². The number of amides is 1. The molecule has 0 aliphatic rings. The molecule has 0 radical (unpaired) electrons. The van der Waals surface area contributed by atoms with Crippen molar-refractivity contribution in [1.29, 1.82) is 0 Å². The third kappa shape index (κ3) is 1.36. The van der Waals surface area contributed by atoms with Gasteiger partial charge in [0.25, 0.3) is 0 Å². The Bertz CT molecular complexity index is 258. The molecule has 0 bridgehead atoms. The van der Waals surface area contributed by atoms with Crippen molar-refractivity contribution in [3.63, 3.8) is 0 Å². The first-order valence-corrected chi connectivity index (χ1v) is 2.51. The Morgan fingerprint density at radius 1 is 1.90 bits per heavy atom. The lowest BCUT2D eigenvalue weighted by molar-refractivity contribution is -0.111. The highest BCUT2D eigenvalue weighted by Crippen LogP contribution is 1.99. The third-order valence-electron chi connectivity index (χ3n) is 0.811. The summed E-state index contributed by atoms with van der Waals surface area (Å²) in [4.78, 5) is 10.5. The van der Waals surface area contributed by atoms with Crippen molar-refractivity contribution in [1.82, 2.24) is 5.16 Å². The number of rotatable bonds is 1. The topological polar surface area (TPSA) is 55.1 Å². The lowest BCUT2D eigenvalue weighted by atomic mass is 10.6. The summed E-state index contributed by atoms with van der Waals surface area (Å²) in [5, 5.41) is 5.69. The average Bonchev–Trinajstić information content (AvgIpc) is 2.40. The van der Waals surface area contributed by atoms with E-state index in [-0.39, 0.29) is 0 Å². The highest BCUT2D eigenvalue weighted by molar-refractivity contribution is 6.02. The Kier molecular flexibility index (Phi) is 1.71. The van der Waals surface area contributed by atoms with Crippen LogP contribution in [0, 0.1) is 12.3 Å². The van der Waals surface area contributed by atoms with Crippen LogP contribution in [0.5, 0.6) is 0 Å². The Morgan fingerprint density at radius 3 is 3.20 bits per heavy atom. The molecule has 0 aliphatic carbocycles. The predicted octanol–water partition coefficient (Wildman–Crippen LogP) is 0.246. The van der Waals surface area contributed by atoms with Crippen molar-refractivity contribution in [2.24, 2.45) is 0 Å². The molecular weight excluding hydrogens is 132 g/mol. The molecule has 1 aromatic heterocycles. The summed E-state index contributed by atoms with van der Waals surface area (Å²) in [5.74, 6) is 1.66. The first-order valence-electron chi connectivity index (χ1n) is 2.51. The van der Waals surface area contributed by atoms with E-state index in [0.717, 1.165) is 0 Å². The van der Waals surface area contributed by atoms with Crippen LogP contribution in [0.2, 0.25) is 0 Å². The third-order valence-corrected chi connectivity index (χ3v) is 0.811. The SMILES string of the molecule is C#CC(=O)Nc1ccon1. The molecule has 0 aromatic carbocycles. The van der Waals surface area contributed by atoms with E-state index in [1.807, 2.05) is 5.92 Å². The van der Waals surface area contributed by atoms with Gasteiger partial charge in [0.2, 0.25) is 0 Å². The van der Waals surface area contributed by atoms with Gasteiger partial charge in [-0.25, -0.2) is 0 Å². The van der Waals surface area contributed by atoms with Crippen molar-refractivity contribution in [2.75, 3.05) is 5.32 Å². The van der Waals surface area contributed by atoms with Gasteiger partial charge in [-0.2, -0.15) is 0 Å². The maximum atomic E-state index is 10.5. The van der Waals surface area contributed by atoms with Crippen LogP contribution in [0.15, 0.2) is 16.9 Å². The lowest BCUT2D eigenvalue weighted by Crippen LogP contribution is -2.07. The highest BCUT2D eigenvalue weighted by atomic mass is 16.5. The van der Waals surface area contributed by atoms with E-state index in [9.17, 15) is 4.79 Å². The summed E-state index contributed by atoms with van der Waals surface area (Å²) >= 11 is 0. The second-order valence-electron chi connectivity index (χ2n) is 1.48. The molecule has 0 aliphatic heterocycles. The number of carbonyl (C=O) groups excluding carboxylic acids is 1. The van der Waals surface area contributed by atoms with Crippen molar-refractivity contribution >= 4 is 11.7 Å². The van der Waals surface area contributed by atoms with Gasteiger partial charge in [0.1, 0.15) is 6.26 Å². The maximum absolute atomic E-state index is 10.5. The zero-order chi connectivity index (χ0) is 7.40. The molecule has 1 rings (SSSR count). The molecule has 1 aromatic rings. The summed E-state index contributed by atoms with van der Waals surface area (Å²) < 4.78 is 4.43. The molecule has 0 fully saturated rings. The molecule has 0 saturated carbocycles. The first-order chi connectivity index (χ1) is 4.83. The smallest absolute Gasteiger partial charge is 0.301 e. The molecule has 0 saturated heterocycles. The van der Waals surface area contributed by atoms with Gasteiger partial charge in [-0.15, -0.1) is 6.42 Å². The summed E-state index contributed by atoms with van der Waals surface area (Å²) in [5.41, 5.74) is 0. The molecule has 4 heteroatoms. The Morgan fingerprint density at radius 2 is 2.70 bits per heavy atom. The quantitative estimate of drug-likeness (QED) is 0.563. The van der Waals surface area contributed by atoms with Crippen LogP contribution in [-0.4, -0.2) is 11.1 Å². The second-order valence-corrected chi connectivity index (χ2v) is 1.48. The molecule has 1 amide bonds. The van der Waals surface area contributed by atoms with Crippen LogP contribution in [0.3, 0.4) is 0 Å². The molecule has 10 heavy (non-hydrogen) atoms. The number of anilines is 1. The minimum Gasteiger partial charge on any atom is -0.363 e. The van der Waals surface area contributed by atoms with Crippen molar-refractivity contribution < 1.29 is 9.32 Å². The molecule has 0 unspecified atom stereocenters. The predicted molar refractivity (Wildman–Crippen MR) is 34.0 cm³/mol. The normalized spacial score (nSPS) is 8.30. The van der Waals surface area contributed by atoms with Crippen molar-refractivity contribution in [3.05, 3.63) is 12.3 Å². The molecule has 1 N–H and O–H groups in total. The van der Waals surface area contributed by atoms with E-state index < -0.39 is 5.91 Å². The molecule has 50 valence electrons. The van der Waals surface area contributed by atoms with Crippen LogP contribution >= 0.6 is 0 Å². The van der Waals surface area contributed by atoms with E-state index in [2.05, 4.69) is 15.0 Å². The van der Waals surface area contributed by atoms with E-state index in [1.165, 1.54) is 12.3 Å². The van der Waals surface area contributed by atoms with Gasteiger partial charge in [-0.3, -0.25) is 10.1 Å². The lowest BCUT2D eigenvalue weighted by Gasteiger charge is -1.89. The number of terminal acetylenes is 1. The maximum Gasteiger partial charge on any atom is 0.301 e.